The number of ether oxygens (including phenoxy) is 1. The molecule has 2 aliphatic rings. The van der Waals surface area contributed by atoms with Crippen molar-refractivity contribution in [1.82, 2.24) is 10.2 Å². The Morgan fingerprint density at radius 1 is 1.08 bits per heavy atom. The molecule has 2 aliphatic heterocycles. The molecular weight excluding hydrogens is 300 g/mol. The zero-order valence-electron chi connectivity index (χ0n) is 14.1. The molecule has 0 spiro atoms. The van der Waals surface area contributed by atoms with Crippen molar-refractivity contribution in [2.24, 2.45) is 5.92 Å². The molecule has 4 heteroatoms. The van der Waals surface area contributed by atoms with Gasteiger partial charge in [0, 0.05) is 31.1 Å². The van der Waals surface area contributed by atoms with Crippen LogP contribution in [0.2, 0.25) is 0 Å². The number of likely N-dealkylation sites (N-methyl/N-ethyl adjacent to an activating group) is 1. The number of nitrogens with zero attached hydrogens (tertiary/aromatic N) is 1. The van der Waals surface area contributed by atoms with Gasteiger partial charge < -0.3 is 15.0 Å². The van der Waals surface area contributed by atoms with Crippen molar-refractivity contribution >= 4 is 5.91 Å². The van der Waals surface area contributed by atoms with Crippen LogP contribution in [0.25, 0.3) is 11.1 Å². The predicted octanol–water partition coefficient (Wildman–Crippen LogP) is 2.75. The number of hydrogen-bond donors (Lipinski definition) is 1. The molecule has 124 valence electrons. The van der Waals surface area contributed by atoms with E-state index in [9.17, 15) is 4.79 Å². The van der Waals surface area contributed by atoms with Crippen molar-refractivity contribution in [3.8, 4) is 16.9 Å². The summed E-state index contributed by atoms with van der Waals surface area (Å²) in [7, 11) is 3.82. The number of rotatable bonds is 2. The lowest BCUT2D eigenvalue weighted by molar-refractivity contribution is 0.0951. The summed E-state index contributed by atoms with van der Waals surface area (Å²) in [5.41, 5.74) is 4.18. The van der Waals surface area contributed by atoms with Crippen LogP contribution >= 0.6 is 0 Å². The van der Waals surface area contributed by atoms with E-state index < -0.39 is 0 Å². The minimum Gasteiger partial charge on any atom is -0.497 e. The molecule has 1 N–H and O–H groups in total. The molecule has 2 unspecified atom stereocenters. The summed E-state index contributed by atoms with van der Waals surface area (Å²) < 4.78 is 5.22. The predicted molar refractivity (Wildman–Crippen MR) is 94.5 cm³/mol. The van der Waals surface area contributed by atoms with Crippen LogP contribution in [0.3, 0.4) is 0 Å². The molecule has 2 atom stereocenters. The highest BCUT2D eigenvalue weighted by Gasteiger charge is 2.36. The Balaban J connectivity index is 1.74. The fraction of sp³-hybridized carbons (Fsp3) is 0.350. The average Bonchev–Trinajstić information content (AvgIpc) is 2.94. The van der Waals surface area contributed by atoms with Gasteiger partial charge >= 0.3 is 0 Å². The van der Waals surface area contributed by atoms with Crippen LogP contribution in [0.1, 0.15) is 21.8 Å². The standard InChI is InChI=1S/C20H22N2O2/c1-22-11-15-10-21-20(23)18-9-14(5-8-17(18)19(15)12-22)13-3-6-16(24-2)7-4-13/h3-9,15,19H,10-12H2,1-2H3,(H,21,23). The van der Waals surface area contributed by atoms with Gasteiger partial charge in [-0.2, -0.15) is 0 Å². The van der Waals surface area contributed by atoms with Gasteiger partial charge in [0.2, 0.25) is 0 Å². The number of likely N-dealkylation sites (tertiary alicyclic amines) is 1. The molecule has 1 fully saturated rings. The molecule has 0 aliphatic carbocycles. The van der Waals surface area contributed by atoms with Crippen molar-refractivity contribution in [1.29, 1.82) is 0 Å². The first-order valence-corrected chi connectivity index (χ1v) is 8.41. The summed E-state index contributed by atoms with van der Waals surface area (Å²) in [5.74, 6) is 1.83. The van der Waals surface area contributed by atoms with E-state index in [-0.39, 0.29) is 5.91 Å². The van der Waals surface area contributed by atoms with Crippen molar-refractivity contribution in [3.05, 3.63) is 53.6 Å². The lowest BCUT2D eigenvalue weighted by atomic mass is 9.86. The van der Waals surface area contributed by atoms with Crippen molar-refractivity contribution < 1.29 is 9.53 Å². The van der Waals surface area contributed by atoms with E-state index >= 15 is 0 Å². The number of carbonyl (C=O) groups excluding carboxylic acids is 1. The number of hydrogen-bond acceptors (Lipinski definition) is 3. The van der Waals surface area contributed by atoms with Crippen LogP contribution in [0.15, 0.2) is 42.5 Å². The monoisotopic (exact) mass is 322 g/mol. The second kappa shape index (κ2) is 5.95. The Labute approximate surface area is 142 Å². The maximum absolute atomic E-state index is 12.6. The number of nitrogens with one attached hydrogen (secondary N) is 1. The molecule has 0 saturated carbocycles. The minimum absolute atomic E-state index is 0.0532. The average molecular weight is 322 g/mol. The Morgan fingerprint density at radius 2 is 1.83 bits per heavy atom. The first-order valence-electron chi connectivity index (χ1n) is 8.41. The van der Waals surface area contributed by atoms with E-state index in [2.05, 4.69) is 29.4 Å². The van der Waals surface area contributed by atoms with Gasteiger partial charge in [-0.1, -0.05) is 24.3 Å². The summed E-state index contributed by atoms with van der Waals surface area (Å²) in [4.78, 5) is 14.9. The highest BCUT2D eigenvalue weighted by atomic mass is 16.5. The summed E-state index contributed by atoms with van der Waals surface area (Å²) in [6.45, 7) is 2.83. The molecule has 1 saturated heterocycles. The molecule has 4 rings (SSSR count). The van der Waals surface area contributed by atoms with E-state index in [1.54, 1.807) is 7.11 Å². The summed E-state index contributed by atoms with van der Waals surface area (Å²) in [6.07, 6.45) is 0. The molecule has 1 amide bonds. The van der Waals surface area contributed by atoms with Gasteiger partial charge in [0.25, 0.3) is 5.91 Å². The third kappa shape index (κ3) is 2.57. The molecule has 4 nitrogen and oxygen atoms in total. The Kier molecular flexibility index (Phi) is 3.77. The van der Waals surface area contributed by atoms with Crippen LogP contribution in [0.4, 0.5) is 0 Å². The molecule has 2 heterocycles. The maximum atomic E-state index is 12.6. The van der Waals surface area contributed by atoms with Gasteiger partial charge in [-0.15, -0.1) is 0 Å². The molecule has 0 aromatic heterocycles. The smallest absolute Gasteiger partial charge is 0.251 e. The molecule has 2 aromatic rings. The van der Waals surface area contributed by atoms with Crippen molar-refractivity contribution in [2.75, 3.05) is 33.8 Å². The van der Waals surface area contributed by atoms with E-state index in [0.717, 1.165) is 42.1 Å². The van der Waals surface area contributed by atoms with Crippen LogP contribution in [-0.4, -0.2) is 44.6 Å². The van der Waals surface area contributed by atoms with E-state index in [1.807, 2.05) is 30.3 Å². The van der Waals surface area contributed by atoms with Crippen LogP contribution < -0.4 is 10.1 Å². The summed E-state index contributed by atoms with van der Waals surface area (Å²) in [5, 5.41) is 3.10. The van der Waals surface area contributed by atoms with Gasteiger partial charge in [-0.25, -0.2) is 0 Å². The summed E-state index contributed by atoms with van der Waals surface area (Å²) >= 11 is 0. The van der Waals surface area contributed by atoms with Gasteiger partial charge in [0.1, 0.15) is 5.75 Å². The first kappa shape index (κ1) is 15.2. The van der Waals surface area contributed by atoms with Gasteiger partial charge in [0.05, 0.1) is 7.11 Å². The quantitative estimate of drug-likeness (QED) is 0.924. The van der Waals surface area contributed by atoms with Gasteiger partial charge in [0.15, 0.2) is 0 Å². The molecule has 0 radical (unpaired) electrons. The molecule has 2 aromatic carbocycles. The maximum Gasteiger partial charge on any atom is 0.251 e. The highest BCUT2D eigenvalue weighted by Crippen LogP contribution is 2.37. The lowest BCUT2D eigenvalue weighted by Crippen LogP contribution is -2.29. The third-order valence-electron chi connectivity index (χ3n) is 5.27. The second-order valence-corrected chi connectivity index (χ2v) is 6.83. The van der Waals surface area contributed by atoms with Crippen molar-refractivity contribution in [2.45, 2.75) is 5.92 Å². The zero-order chi connectivity index (χ0) is 16.7. The lowest BCUT2D eigenvalue weighted by Gasteiger charge is -2.17. The van der Waals surface area contributed by atoms with Crippen LogP contribution in [0.5, 0.6) is 5.75 Å². The Morgan fingerprint density at radius 3 is 2.58 bits per heavy atom. The van der Waals surface area contributed by atoms with Crippen LogP contribution in [-0.2, 0) is 0 Å². The number of amides is 1. The minimum atomic E-state index is 0.0532. The largest absolute Gasteiger partial charge is 0.497 e. The third-order valence-corrected chi connectivity index (χ3v) is 5.27. The normalized spacial score (nSPS) is 23.2. The number of benzene rings is 2. The number of methoxy groups -OCH3 is 1. The van der Waals surface area contributed by atoms with Crippen molar-refractivity contribution in [3.63, 3.8) is 0 Å². The fourth-order valence-corrected chi connectivity index (χ4v) is 4.00. The Bertz CT molecular complexity index is 770. The van der Waals surface area contributed by atoms with E-state index in [0.29, 0.717) is 11.8 Å². The number of fused-ring (bicyclic) bond motifs is 3. The Hall–Kier alpha value is -2.33. The first-order chi connectivity index (χ1) is 11.7. The fourth-order valence-electron chi connectivity index (χ4n) is 4.00. The SMILES string of the molecule is COc1ccc(-c2ccc3c(c2)C(=O)NCC2CN(C)CC32)cc1. The van der Waals surface area contributed by atoms with E-state index in [1.165, 1.54) is 5.56 Å². The van der Waals surface area contributed by atoms with Crippen LogP contribution in [0, 0.1) is 5.92 Å². The molecule has 0 bridgehead atoms. The van der Waals surface area contributed by atoms with Gasteiger partial charge in [-0.3, -0.25) is 4.79 Å². The number of carbonyl (C=O) groups is 1. The molecule has 24 heavy (non-hydrogen) atoms. The zero-order valence-corrected chi connectivity index (χ0v) is 14.1. The summed E-state index contributed by atoms with van der Waals surface area (Å²) in [6, 6.07) is 14.3. The topological polar surface area (TPSA) is 41.6 Å². The highest BCUT2D eigenvalue weighted by molar-refractivity contribution is 5.97. The van der Waals surface area contributed by atoms with E-state index in [4.69, 9.17) is 4.74 Å². The second-order valence-electron chi connectivity index (χ2n) is 6.83. The molecular formula is C20H22N2O2. The van der Waals surface area contributed by atoms with Gasteiger partial charge in [-0.05, 0) is 47.9 Å².